The number of benzene rings is 2. The molecule has 2 aromatic carbocycles. The van der Waals surface area contributed by atoms with Gasteiger partial charge in [-0.1, -0.05) is 34.5 Å². The van der Waals surface area contributed by atoms with Gasteiger partial charge < -0.3 is 9.47 Å². The molecule has 124 valence electrons. The Morgan fingerprint density at radius 3 is 2.54 bits per heavy atom. The van der Waals surface area contributed by atoms with Crippen molar-refractivity contribution in [3.8, 4) is 11.5 Å². The molecule has 0 aliphatic rings. The lowest BCUT2D eigenvalue weighted by atomic mass is 10.2. The number of anilines is 1. The average molecular weight is 383 g/mol. The number of carbonyl (C=O) groups excluding carboxylic acids is 1. The zero-order valence-electron chi connectivity index (χ0n) is 12.7. The number of nitrogens with zero attached hydrogens (tertiary/aromatic N) is 1. The van der Waals surface area contributed by atoms with Crippen molar-refractivity contribution in [2.24, 2.45) is 0 Å². The molecule has 24 heavy (non-hydrogen) atoms. The molecule has 8 heteroatoms. The molecule has 3 rings (SSSR count). The minimum absolute atomic E-state index is 0.346. The Kier molecular flexibility index (Phi) is 4.80. The third kappa shape index (κ3) is 3.13. The number of amides is 1. The predicted molar refractivity (Wildman–Crippen MR) is 97.1 cm³/mol. The van der Waals surface area contributed by atoms with E-state index in [0.29, 0.717) is 37.8 Å². The van der Waals surface area contributed by atoms with Crippen molar-refractivity contribution < 1.29 is 14.3 Å². The summed E-state index contributed by atoms with van der Waals surface area (Å²) in [5.74, 6) is 0.659. The summed E-state index contributed by atoms with van der Waals surface area (Å²) in [4.78, 5) is 16.8. The smallest absolute Gasteiger partial charge is 0.261 e. The van der Waals surface area contributed by atoms with Gasteiger partial charge in [-0.3, -0.25) is 10.1 Å². The van der Waals surface area contributed by atoms with Crippen LogP contribution in [0.2, 0.25) is 10.0 Å². The van der Waals surface area contributed by atoms with E-state index in [1.165, 1.54) is 18.4 Å². The molecule has 1 amide bonds. The lowest BCUT2D eigenvalue weighted by Crippen LogP contribution is -2.13. The Morgan fingerprint density at radius 1 is 1.12 bits per heavy atom. The Bertz CT molecular complexity index is 888. The van der Waals surface area contributed by atoms with Crippen molar-refractivity contribution in [1.29, 1.82) is 0 Å². The second kappa shape index (κ2) is 6.84. The first-order chi connectivity index (χ1) is 11.5. The number of hydrogen-bond donors (Lipinski definition) is 1. The molecule has 0 fully saturated rings. The molecule has 0 atom stereocenters. The van der Waals surface area contributed by atoms with Crippen LogP contribution >= 0.6 is 34.5 Å². The zero-order valence-corrected chi connectivity index (χ0v) is 15.1. The number of halogens is 2. The molecule has 0 spiro atoms. The van der Waals surface area contributed by atoms with Gasteiger partial charge in [-0.05, 0) is 24.3 Å². The van der Waals surface area contributed by atoms with E-state index in [4.69, 9.17) is 32.7 Å². The summed E-state index contributed by atoms with van der Waals surface area (Å²) in [5.41, 5.74) is 0.931. The van der Waals surface area contributed by atoms with Crippen molar-refractivity contribution in [2.45, 2.75) is 0 Å². The third-order valence-corrected chi connectivity index (χ3v) is 5.06. The van der Waals surface area contributed by atoms with E-state index in [-0.39, 0.29) is 5.91 Å². The van der Waals surface area contributed by atoms with Crippen LogP contribution in [-0.4, -0.2) is 25.1 Å². The van der Waals surface area contributed by atoms with Crippen molar-refractivity contribution in [3.05, 3.63) is 45.9 Å². The lowest BCUT2D eigenvalue weighted by molar-refractivity contribution is 0.102. The molecule has 0 aliphatic carbocycles. The van der Waals surface area contributed by atoms with Crippen LogP contribution in [0, 0.1) is 0 Å². The highest BCUT2D eigenvalue weighted by atomic mass is 35.5. The summed E-state index contributed by atoms with van der Waals surface area (Å²) in [5, 5.41) is 4.17. The molecule has 0 radical (unpaired) electrons. The van der Waals surface area contributed by atoms with E-state index in [2.05, 4.69) is 10.3 Å². The quantitative estimate of drug-likeness (QED) is 0.698. The SMILES string of the molecule is COc1ccc(C(=O)Nc2nc3c(Cl)ccc(Cl)c3s2)c(OC)c1. The summed E-state index contributed by atoms with van der Waals surface area (Å²) >= 11 is 13.5. The number of methoxy groups -OCH3 is 2. The van der Waals surface area contributed by atoms with E-state index in [9.17, 15) is 4.79 Å². The van der Waals surface area contributed by atoms with Crippen LogP contribution < -0.4 is 14.8 Å². The molecular weight excluding hydrogens is 371 g/mol. The number of hydrogen-bond acceptors (Lipinski definition) is 5. The standard InChI is InChI=1S/C16H12Cl2N2O3S/c1-22-8-3-4-9(12(7-8)23-2)15(21)20-16-19-13-10(17)5-6-11(18)14(13)24-16/h3-7H,1-2H3,(H,19,20,21). The third-order valence-electron chi connectivity index (χ3n) is 3.32. The van der Waals surface area contributed by atoms with Crippen LogP contribution in [0.3, 0.4) is 0 Å². The summed E-state index contributed by atoms with van der Waals surface area (Å²) in [6, 6.07) is 8.32. The largest absolute Gasteiger partial charge is 0.497 e. The monoisotopic (exact) mass is 382 g/mol. The van der Waals surface area contributed by atoms with Gasteiger partial charge in [0.1, 0.15) is 17.0 Å². The molecule has 0 saturated heterocycles. The highest BCUT2D eigenvalue weighted by molar-refractivity contribution is 7.23. The first kappa shape index (κ1) is 16.8. The van der Waals surface area contributed by atoms with Crippen LogP contribution in [0.25, 0.3) is 10.2 Å². The second-order valence-electron chi connectivity index (χ2n) is 4.75. The highest BCUT2D eigenvalue weighted by Gasteiger charge is 2.17. The Morgan fingerprint density at radius 2 is 1.88 bits per heavy atom. The fraction of sp³-hybridized carbons (Fsp3) is 0.125. The van der Waals surface area contributed by atoms with E-state index < -0.39 is 0 Å². The van der Waals surface area contributed by atoms with Crippen molar-refractivity contribution >= 4 is 55.8 Å². The maximum absolute atomic E-state index is 12.5. The minimum Gasteiger partial charge on any atom is -0.497 e. The van der Waals surface area contributed by atoms with Crippen molar-refractivity contribution in [2.75, 3.05) is 19.5 Å². The number of nitrogens with one attached hydrogen (secondary N) is 1. The van der Waals surface area contributed by atoms with E-state index in [1.54, 1.807) is 37.4 Å². The first-order valence-corrected chi connectivity index (χ1v) is 8.38. The Labute approximate surface area is 152 Å². The summed E-state index contributed by atoms with van der Waals surface area (Å²) < 4.78 is 11.1. The van der Waals surface area contributed by atoms with E-state index >= 15 is 0 Å². The fourth-order valence-corrected chi connectivity index (χ4v) is 3.56. The van der Waals surface area contributed by atoms with Gasteiger partial charge in [0, 0.05) is 6.07 Å². The highest BCUT2D eigenvalue weighted by Crippen LogP contribution is 2.36. The minimum atomic E-state index is -0.346. The number of fused-ring (bicyclic) bond motifs is 1. The fourth-order valence-electron chi connectivity index (χ4n) is 2.15. The normalized spacial score (nSPS) is 10.7. The molecule has 3 aromatic rings. The van der Waals surface area contributed by atoms with Gasteiger partial charge in [0.25, 0.3) is 5.91 Å². The van der Waals surface area contributed by atoms with Gasteiger partial charge in [-0.15, -0.1) is 0 Å². The topological polar surface area (TPSA) is 60.5 Å². The summed E-state index contributed by atoms with van der Waals surface area (Å²) in [6.45, 7) is 0. The predicted octanol–water partition coefficient (Wildman–Crippen LogP) is 4.87. The second-order valence-corrected chi connectivity index (χ2v) is 6.56. The molecule has 0 unspecified atom stereocenters. The number of aromatic nitrogens is 1. The molecule has 1 aromatic heterocycles. The van der Waals surface area contributed by atoms with Gasteiger partial charge in [-0.25, -0.2) is 4.98 Å². The van der Waals surface area contributed by atoms with Crippen molar-refractivity contribution in [1.82, 2.24) is 4.98 Å². The van der Waals surface area contributed by atoms with Crippen LogP contribution in [0.15, 0.2) is 30.3 Å². The van der Waals surface area contributed by atoms with E-state index in [1.807, 2.05) is 0 Å². The summed E-state index contributed by atoms with van der Waals surface area (Å²) in [6.07, 6.45) is 0. The van der Waals surface area contributed by atoms with Gasteiger partial charge in [0.2, 0.25) is 0 Å². The number of thiazole rings is 1. The van der Waals surface area contributed by atoms with Crippen LogP contribution in [0.4, 0.5) is 5.13 Å². The maximum atomic E-state index is 12.5. The maximum Gasteiger partial charge on any atom is 0.261 e. The van der Waals surface area contributed by atoms with Gasteiger partial charge in [0.05, 0.1) is 34.5 Å². The van der Waals surface area contributed by atoms with Gasteiger partial charge >= 0.3 is 0 Å². The number of ether oxygens (including phenoxy) is 2. The molecule has 0 saturated carbocycles. The van der Waals surface area contributed by atoms with Crippen LogP contribution in [-0.2, 0) is 0 Å². The number of carbonyl (C=O) groups is 1. The molecular formula is C16H12Cl2N2O3S. The Hall–Kier alpha value is -2.02. The zero-order chi connectivity index (χ0) is 17.3. The van der Waals surface area contributed by atoms with Crippen LogP contribution in [0.1, 0.15) is 10.4 Å². The average Bonchev–Trinajstić information content (AvgIpc) is 3.02. The van der Waals surface area contributed by atoms with Crippen LogP contribution in [0.5, 0.6) is 11.5 Å². The molecule has 0 aliphatic heterocycles. The number of rotatable bonds is 4. The van der Waals surface area contributed by atoms with Crippen molar-refractivity contribution in [3.63, 3.8) is 0 Å². The summed E-state index contributed by atoms with van der Waals surface area (Å²) in [7, 11) is 3.03. The van der Waals surface area contributed by atoms with Gasteiger partial charge in [-0.2, -0.15) is 0 Å². The lowest BCUT2D eigenvalue weighted by Gasteiger charge is -2.09. The first-order valence-electron chi connectivity index (χ1n) is 6.81. The molecule has 1 N–H and O–H groups in total. The molecule has 0 bridgehead atoms. The van der Waals surface area contributed by atoms with E-state index in [0.717, 1.165) is 4.70 Å². The molecule has 1 heterocycles. The molecule has 5 nitrogen and oxygen atoms in total. The Balaban J connectivity index is 1.93. The van der Waals surface area contributed by atoms with Gasteiger partial charge in [0.15, 0.2) is 5.13 Å².